The molecule has 0 spiro atoms. The Bertz CT molecular complexity index is 1000. The van der Waals surface area contributed by atoms with Gasteiger partial charge in [-0.1, -0.05) is 24.3 Å². The second kappa shape index (κ2) is 8.81. The third-order valence-corrected chi connectivity index (χ3v) is 3.99. The van der Waals surface area contributed by atoms with Crippen LogP contribution < -0.4 is 15.4 Å². The molecule has 0 atom stereocenters. The van der Waals surface area contributed by atoms with Crippen LogP contribution in [0, 0.1) is 6.92 Å². The Labute approximate surface area is 163 Å². The van der Waals surface area contributed by atoms with Gasteiger partial charge in [-0.2, -0.15) is 0 Å². The summed E-state index contributed by atoms with van der Waals surface area (Å²) in [6.07, 6.45) is 1.52. The fourth-order valence-corrected chi connectivity index (χ4v) is 2.72. The van der Waals surface area contributed by atoms with Gasteiger partial charge in [-0.25, -0.2) is 4.98 Å². The maximum absolute atomic E-state index is 12.7. The third kappa shape index (κ3) is 4.54. The highest BCUT2D eigenvalue weighted by atomic mass is 16.5. The summed E-state index contributed by atoms with van der Waals surface area (Å²) in [5.74, 6) is -0.0902. The molecule has 2 amide bonds. The van der Waals surface area contributed by atoms with Crippen LogP contribution in [0.3, 0.4) is 0 Å². The molecular formula is C22H21N3O3. The van der Waals surface area contributed by atoms with Crippen LogP contribution >= 0.6 is 0 Å². The zero-order valence-corrected chi connectivity index (χ0v) is 15.7. The van der Waals surface area contributed by atoms with E-state index >= 15 is 0 Å². The first-order valence-corrected chi connectivity index (χ1v) is 8.94. The number of carbonyl (C=O) groups is 2. The lowest BCUT2D eigenvalue weighted by molar-refractivity contribution is 0.102. The van der Waals surface area contributed by atoms with Crippen molar-refractivity contribution in [2.24, 2.45) is 0 Å². The molecule has 6 heteroatoms. The van der Waals surface area contributed by atoms with Gasteiger partial charge in [0.1, 0.15) is 11.6 Å². The normalized spacial score (nSPS) is 10.2. The topological polar surface area (TPSA) is 80.3 Å². The van der Waals surface area contributed by atoms with E-state index in [1.807, 2.05) is 32.0 Å². The minimum Gasteiger partial charge on any atom is -0.493 e. The fraction of sp³-hybridized carbons (Fsp3) is 0.136. The van der Waals surface area contributed by atoms with Crippen LogP contribution in [-0.4, -0.2) is 23.4 Å². The van der Waals surface area contributed by atoms with Crippen molar-refractivity contribution in [2.45, 2.75) is 13.8 Å². The molecule has 0 saturated heterocycles. The summed E-state index contributed by atoms with van der Waals surface area (Å²) in [6, 6.07) is 17.7. The average Bonchev–Trinajstić information content (AvgIpc) is 2.69. The number of amides is 2. The molecule has 28 heavy (non-hydrogen) atoms. The van der Waals surface area contributed by atoms with E-state index in [0.717, 1.165) is 5.56 Å². The monoisotopic (exact) mass is 375 g/mol. The number of ether oxygens (including phenoxy) is 1. The highest BCUT2D eigenvalue weighted by Gasteiger charge is 2.18. The van der Waals surface area contributed by atoms with Crippen molar-refractivity contribution in [2.75, 3.05) is 17.2 Å². The van der Waals surface area contributed by atoms with Gasteiger partial charge in [0, 0.05) is 11.9 Å². The lowest BCUT2D eigenvalue weighted by atomic mass is 10.1. The van der Waals surface area contributed by atoms with Gasteiger partial charge >= 0.3 is 0 Å². The molecule has 0 radical (unpaired) electrons. The molecule has 142 valence electrons. The summed E-state index contributed by atoms with van der Waals surface area (Å²) in [4.78, 5) is 29.6. The number of hydrogen-bond donors (Lipinski definition) is 2. The van der Waals surface area contributed by atoms with Gasteiger partial charge in [-0.05, 0) is 55.8 Å². The van der Waals surface area contributed by atoms with Gasteiger partial charge in [-0.15, -0.1) is 0 Å². The molecule has 0 fully saturated rings. The lowest BCUT2D eigenvalue weighted by Gasteiger charge is -2.13. The predicted molar refractivity (Wildman–Crippen MR) is 109 cm³/mol. The number of nitrogens with one attached hydrogen (secondary N) is 2. The number of para-hydroxylation sites is 1. The highest BCUT2D eigenvalue weighted by molar-refractivity contribution is 6.12. The van der Waals surface area contributed by atoms with Crippen molar-refractivity contribution in [1.29, 1.82) is 0 Å². The van der Waals surface area contributed by atoms with Crippen molar-refractivity contribution >= 4 is 23.3 Å². The van der Waals surface area contributed by atoms with Crippen LogP contribution in [0.25, 0.3) is 0 Å². The van der Waals surface area contributed by atoms with Crippen LogP contribution in [0.4, 0.5) is 11.5 Å². The molecule has 2 aromatic carbocycles. The second-order valence-corrected chi connectivity index (χ2v) is 6.11. The first-order chi connectivity index (χ1) is 13.6. The zero-order chi connectivity index (χ0) is 19.9. The molecule has 3 aromatic rings. The van der Waals surface area contributed by atoms with E-state index in [0.29, 0.717) is 23.6 Å². The molecule has 0 saturated carbocycles. The number of aromatic nitrogens is 1. The number of aryl methyl sites for hydroxylation is 1. The van der Waals surface area contributed by atoms with Crippen LogP contribution in [-0.2, 0) is 0 Å². The van der Waals surface area contributed by atoms with Crippen LogP contribution in [0.15, 0.2) is 66.9 Å². The van der Waals surface area contributed by atoms with Crippen LogP contribution in [0.1, 0.15) is 33.2 Å². The van der Waals surface area contributed by atoms with E-state index < -0.39 is 5.91 Å². The summed E-state index contributed by atoms with van der Waals surface area (Å²) in [5, 5.41) is 5.54. The molecule has 1 heterocycles. The third-order valence-electron chi connectivity index (χ3n) is 3.99. The van der Waals surface area contributed by atoms with Crippen molar-refractivity contribution in [3.05, 3.63) is 83.6 Å². The van der Waals surface area contributed by atoms with Gasteiger partial charge in [0.15, 0.2) is 0 Å². The van der Waals surface area contributed by atoms with Crippen molar-refractivity contribution in [1.82, 2.24) is 4.98 Å². The number of anilines is 2. The molecule has 2 N–H and O–H groups in total. The molecule has 3 rings (SSSR count). The summed E-state index contributed by atoms with van der Waals surface area (Å²) >= 11 is 0. The Morgan fingerprint density at radius 1 is 0.929 bits per heavy atom. The van der Waals surface area contributed by atoms with Crippen molar-refractivity contribution in [3.63, 3.8) is 0 Å². The molecule has 0 aliphatic rings. The van der Waals surface area contributed by atoms with Gasteiger partial charge < -0.3 is 15.4 Å². The number of nitrogens with zero attached hydrogens (tertiary/aromatic N) is 1. The maximum Gasteiger partial charge on any atom is 0.260 e. The maximum atomic E-state index is 12.7. The van der Waals surface area contributed by atoms with E-state index in [2.05, 4.69) is 15.6 Å². The molecule has 0 aliphatic carbocycles. The minimum absolute atomic E-state index is 0.184. The summed E-state index contributed by atoms with van der Waals surface area (Å²) in [6.45, 7) is 4.24. The van der Waals surface area contributed by atoms with E-state index in [1.165, 1.54) is 6.20 Å². The molecule has 1 aromatic heterocycles. The van der Waals surface area contributed by atoms with Crippen LogP contribution in [0.2, 0.25) is 0 Å². The van der Waals surface area contributed by atoms with Crippen LogP contribution in [0.5, 0.6) is 5.75 Å². The lowest BCUT2D eigenvalue weighted by Crippen LogP contribution is -2.20. The molecule has 0 unspecified atom stereocenters. The zero-order valence-electron chi connectivity index (χ0n) is 15.7. The minimum atomic E-state index is -0.396. The summed E-state index contributed by atoms with van der Waals surface area (Å²) in [5.41, 5.74) is 2.35. The van der Waals surface area contributed by atoms with Gasteiger partial charge in [0.05, 0.1) is 17.7 Å². The number of hydrogen-bond acceptors (Lipinski definition) is 4. The first kappa shape index (κ1) is 19.1. The number of carbonyl (C=O) groups excluding carboxylic acids is 2. The standard InChI is InChI=1S/C22H21N3O3/c1-3-28-19-12-5-4-10-17(19)21(26)25-20-18(11-7-13-23-20)22(27)24-16-9-6-8-15(2)14-16/h4-14H,3H2,1-2H3,(H,24,27)(H,23,25,26). The summed E-state index contributed by atoms with van der Waals surface area (Å²) < 4.78 is 5.50. The number of pyridine rings is 1. The van der Waals surface area contributed by atoms with Gasteiger partial charge in [-0.3, -0.25) is 9.59 Å². The Morgan fingerprint density at radius 3 is 2.46 bits per heavy atom. The Balaban J connectivity index is 1.82. The van der Waals surface area contributed by atoms with E-state index in [1.54, 1.807) is 42.5 Å². The quantitative estimate of drug-likeness (QED) is 0.673. The Hall–Kier alpha value is -3.67. The first-order valence-electron chi connectivity index (χ1n) is 8.94. The molecular weight excluding hydrogens is 354 g/mol. The van der Waals surface area contributed by atoms with Gasteiger partial charge in [0.25, 0.3) is 11.8 Å². The molecule has 6 nitrogen and oxygen atoms in total. The van der Waals surface area contributed by atoms with E-state index in [-0.39, 0.29) is 17.3 Å². The van der Waals surface area contributed by atoms with Gasteiger partial charge in [0.2, 0.25) is 0 Å². The SMILES string of the molecule is CCOc1ccccc1C(=O)Nc1ncccc1C(=O)Nc1cccc(C)c1. The Kier molecular flexibility index (Phi) is 6.01. The molecule has 0 aliphatic heterocycles. The highest BCUT2D eigenvalue weighted by Crippen LogP contribution is 2.21. The second-order valence-electron chi connectivity index (χ2n) is 6.11. The van der Waals surface area contributed by atoms with E-state index in [9.17, 15) is 9.59 Å². The average molecular weight is 375 g/mol. The largest absolute Gasteiger partial charge is 0.493 e. The Morgan fingerprint density at radius 2 is 1.68 bits per heavy atom. The summed E-state index contributed by atoms with van der Waals surface area (Å²) in [7, 11) is 0. The predicted octanol–water partition coefficient (Wildman–Crippen LogP) is 4.29. The molecule has 0 bridgehead atoms. The fourth-order valence-electron chi connectivity index (χ4n) is 2.72. The number of benzene rings is 2. The van der Waals surface area contributed by atoms with Crippen molar-refractivity contribution in [3.8, 4) is 5.75 Å². The van der Waals surface area contributed by atoms with Crippen molar-refractivity contribution < 1.29 is 14.3 Å². The smallest absolute Gasteiger partial charge is 0.260 e. The van der Waals surface area contributed by atoms with E-state index in [4.69, 9.17) is 4.74 Å². The number of rotatable bonds is 6.